The Labute approximate surface area is 121 Å². The predicted octanol–water partition coefficient (Wildman–Crippen LogP) is 4.18. The molecule has 0 aromatic heterocycles. The van der Waals surface area contributed by atoms with E-state index < -0.39 is 0 Å². The molecule has 2 rings (SSSR count). The molecule has 108 valence electrons. The summed E-state index contributed by atoms with van der Waals surface area (Å²) < 4.78 is 10.9. The van der Waals surface area contributed by atoms with Crippen molar-refractivity contribution >= 4 is 11.4 Å². The zero-order valence-electron chi connectivity index (χ0n) is 12.6. The van der Waals surface area contributed by atoms with E-state index in [2.05, 4.69) is 24.6 Å². The number of hydrogen-bond acceptors (Lipinski definition) is 3. The summed E-state index contributed by atoms with van der Waals surface area (Å²) >= 11 is 0. The van der Waals surface area contributed by atoms with E-state index in [9.17, 15) is 0 Å². The molecule has 1 heterocycles. The molecule has 3 heteroatoms. The molecular formula is C17H23NO2. The highest BCUT2D eigenvalue weighted by Crippen LogP contribution is 2.39. The van der Waals surface area contributed by atoms with E-state index >= 15 is 0 Å². The first-order chi connectivity index (χ1) is 9.67. The molecule has 0 unspecified atom stereocenters. The van der Waals surface area contributed by atoms with E-state index in [1.165, 1.54) is 11.1 Å². The van der Waals surface area contributed by atoms with Gasteiger partial charge in [-0.05, 0) is 55.9 Å². The first kappa shape index (κ1) is 14.8. The molecule has 1 saturated heterocycles. The van der Waals surface area contributed by atoms with Crippen molar-refractivity contribution in [1.29, 1.82) is 0 Å². The highest BCUT2D eigenvalue weighted by atomic mass is 16.5. The summed E-state index contributed by atoms with van der Waals surface area (Å²) in [5.74, 6) is 1.38. The molecule has 1 aromatic rings. The van der Waals surface area contributed by atoms with Crippen molar-refractivity contribution in [3.63, 3.8) is 0 Å². The van der Waals surface area contributed by atoms with Crippen molar-refractivity contribution in [3.8, 4) is 5.75 Å². The van der Waals surface area contributed by atoms with E-state index in [4.69, 9.17) is 9.47 Å². The maximum Gasteiger partial charge on any atom is 0.144 e. The van der Waals surface area contributed by atoms with Crippen LogP contribution in [0, 0.1) is 6.92 Å². The van der Waals surface area contributed by atoms with Crippen LogP contribution in [0.5, 0.6) is 5.75 Å². The fraction of sp³-hybridized carbons (Fsp3) is 0.471. The minimum absolute atomic E-state index is 0.563. The summed E-state index contributed by atoms with van der Waals surface area (Å²) in [7, 11) is 1.69. The van der Waals surface area contributed by atoms with Gasteiger partial charge in [-0.25, -0.2) is 4.99 Å². The Morgan fingerprint density at radius 1 is 1.40 bits per heavy atom. The van der Waals surface area contributed by atoms with Crippen LogP contribution in [0.15, 0.2) is 29.8 Å². The fourth-order valence-electron chi connectivity index (χ4n) is 2.67. The van der Waals surface area contributed by atoms with Crippen LogP contribution in [-0.2, 0) is 4.74 Å². The van der Waals surface area contributed by atoms with E-state index in [0.29, 0.717) is 5.92 Å². The Kier molecular flexibility index (Phi) is 4.96. The number of rotatable bonds is 4. The van der Waals surface area contributed by atoms with Crippen molar-refractivity contribution in [2.24, 2.45) is 4.99 Å². The van der Waals surface area contributed by atoms with E-state index in [-0.39, 0.29) is 0 Å². The van der Waals surface area contributed by atoms with Gasteiger partial charge < -0.3 is 9.47 Å². The number of nitrogens with zero attached hydrogens (tertiary/aromatic N) is 1. The lowest BCUT2D eigenvalue weighted by Crippen LogP contribution is -2.15. The van der Waals surface area contributed by atoms with Crippen LogP contribution in [0.4, 0.5) is 5.69 Å². The van der Waals surface area contributed by atoms with Gasteiger partial charge in [0.05, 0.1) is 7.11 Å². The molecule has 1 aliphatic rings. The number of aliphatic imine (C=N–C) groups is 1. The van der Waals surface area contributed by atoms with Crippen LogP contribution in [0.25, 0.3) is 0 Å². The lowest BCUT2D eigenvalue weighted by Gasteiger charge is -2.25. The molecular weight excluding hydrogens is 250 g/mol. The van der Waals surface area contributed by atoms with Crippen molar-refractivity contribution in [3.05, 3.63) is 35.9 Å². The normalized spacial score (nSPS) is 17.1. The van der Waals surface area contributed by atoms with Gasteiger partial charge in [0, 0.05) is 18.9 Å². The SMILES string of the molecule is C=CC(C)=Nc1c(OC)ccc(C2CCOCC2)c1C. The van der Waals surface area contributed by atoms with Crippen molar-refractivity contribution in [1.82, 2.24) is 0 Å². The van der Waals surface area contributed by atoms with Gasteiger partial charge >= 0.3 is 0 Å². The summed E-state index contributed by atoms with van der Waals surface area (Å²) in [6.07, 6.45) is 3.92. The van der Waals surface area contributed by atoms with Crippen molar-refractivity contribution < 1.29 is 9.47 Å². The molecule has 0 amide bonds. The third-order valence-electron chi connectivity index (χ3n) is 3.90. The maximum absolute atomic E-state index is 5.45. The van der Waals surface area contributed by atoms with Gasteiger partial charge in [-0.3, -0.25) is 0 Å². The lowest BCUT2D eigenvalue weighted by atomic mass is 9.88. The quantitative estimate of drug-likeness (QED) is 0.771. The first-order valence-electron chi connectivity index (χ1n) is 7.10. The predicted molar refractivity (Wildman–Crippen MR) is 83.5 cm³/mol. The standard InChI is InChI=1S/C17H23NO2/c1-5-12(2)18-17-13(3)15(6-7-16(17)19-4)14-8-10-20-11-9-14/h5-7,14H,1,8-11H2,2-4H3. The first-order valence-corrected chi connectivity index (χ1v) is 7.10. The number of benzene rings is 1. The highest BCUT2D eigenvalue weighted by Gasteiger charge is 2.20. The number of allylic oxidation sites excluding steroid dienone is 1. The largest absolute Gasteiger partial charge is 0.494 e. The van der Waals surface area contributed by atoms with Gasteiger partial charge in [0.25, 0.3) is 0 Å². The molecule has 1 aliphatic heterocycles. The summed E-state index contributed by atoms with van der Waals surface area (Å²) in [5, 5.41) is 0. The number of methoxy groups -OCH3 is 1. The molecule has 3 nitrogen and oxygen atoms in total. The van der Waals surface area contributed by atoms with Gasteiger partial charge in [0.15, 0.2) is 0 Å². The second-order valence-corrected chi connectivity index (χ2v) is 5.17. The van der Waals surface area contributed by atoms with Gasteiger partial charge in [0.2, 0.25) is 0 Å². The highest BCUT2D eigenvalue weighted by molar-refractivity contribution is 5.95. The maximum atomic E-state index is 5.45. The van der Waals surface area contributed by atoms with Crippen LogP contribution in [0.1, 0.15) is 36.8 Å². The van der Waals surface area contributed by atoms with Crippen LogP contribution in [0.2, 0.25) is 0 Å². The molecule has 0 radical (unpaired) electrons. The zero-order chi connectivity index (χ0) is 14.5. The molecule has 1 aromatic carbocycles. The molecule has 0 N–H and O–H groups in total. The Hall–Kier alpha value is -1.61. The average Bonchev–Trinajstić information content (AvgIpc) is 2.49. The number of ether oxygens (including phenoxy) is 2. The van der Waals surface area contributed by atoms with Gasteiger partial charge in [-0.2, -0.15) is 0 Å². The minimum Gasteiger partial charge on any atom is -0.494 e. The summed E-state index contributed by atoms with van der Waals surface area (Å²) in [4.78, 5) is 4.65. The minimum atomic E-state index is 0.563. The lowest BCUT2D eigenvalue weighted by molar-refractivity contribution is 0.0852. The van der Waals surface area contributed by atoms with Crippen LogP contribution >= 0.6 is 0 Å². The molecule has 1 fully saturated rings. The Balaban J connectivity index is 2.45. The zero-order valence-corrected chi connectivity index (χ0v) is 12.6. The second-order valence-electron chi connectivity index (χ2n) is 5.17. The molecule has 20 heavy (non-hydrogen) atoms. The van der Waals surface area contributed by atoms with Gasteiger partial charge in [-0.1, -0.05) is 12.6 Å². The van der Waals surface area contributed by atoms with Crippen LogP contribution in [0.3, 0.4) is 0 Å². The van der Waals surface area contributed by atoms with Crippen LogP contribution < -0.4 is 4.74 Å². The molecule has 0 bridgehead atoms. The Morgan fingerprint density at radius 3 is 2.70 bits per heavy atom. The second kappa shape index (κ2) is 6.71. The molecule has 0 atom stereocenters. The topological polar surface area (TPSA) is 30.8 Å². The molecule has 0 spiro atoms. The third kappa shape index (κ3) is 3.10. The average molecular weight is 273 g/mol. The van der Waals surface area contributed by atoms with Gasteiger partial charge in [0.1, 0.15) is 11.4 Å². The van der Waals surface area contributed by atoms with E-state index in [1.807, 2.05) is 13.0 Å². The summed E-state index contributed by atoms with van der Waals surface area (Å²) in [5.41, 5.74) is 4.39. The van der Waals surface area contributed by atoms with Crippen molar-refractivity contribution in [2.45, 2.75) is 32.6 Å². The fourth-order valence-corrected chi connectivity index (χ4v) is 2.67. The molecule has 0 aliphatic carbocycles. The monoisotopic (exact) mass is 273 g/mol. The smallest absolute Gasteiger partial charge is 0.144 e. The van der Waals surface area contributed by atoms with Crippen molar-refractivity contribution in [2.75, 3.05) is 20.3 Å². The van der Waals surface area contributed by atoms with E-state index in [1.54, 1.807) is 13.2 Å². The third-order valence-corrected chi connectivity index (χ3v) is 3.90. The number of hydrogen-bond donors (Lipinski definition) is 0. The molecule has 0 saturated carbocycles. The Bertz CT molecular complexity index is 514. The summed E-state index contributed by atoms with van der Waals surface area (Å²) in [6, 6.07) is 4.19. The van der Waals surface area contributed by atoms with E-state index in [0.717, 1.165) is 43.2 Å². The Morgan fingerprint density at radius 2 is 2.10 bits per heavy atom. The van der Waals surface area contributed by atoms with Gasteiger partial charge in [-0.15, -0.1) is 0 Å². The summed E-state index contributed by atoms with van der Waals surface area (Å²) in [6.45, 7) is 9.54. The van der Waals surface area contributed by atoms with Crippen LogP contribution in [-0.4, -0.2) is 26.0 Å².